The van der Waals surface area contributed by atoms with Crippen LogP contribution in [0.5, 0.6) is 11.5 Å². The van der Waals surface area contributed by atoms with Gasteiger partial charge >= 0.3 is 0 Å². The fourth-order valence-electron chi connectivity index (χ4n) is 11.1. The predicted molar refractivity (Wildman–Crippen MR) is 242 cm³/mol. The maximum atomic E-state index is 7.00. The van der Waals surface area contributed by atoms with E-state index in [0.29, 0.717) is 0 Å². The first-order valence-corrected chi connectivity index (χ1v) is 20.6. The van der Waals surface area contributed by atoms with Crippen molar-refractivity contribution >= 4 is 21.5 Å². The second kappa shape index (κ2) is 12.0. The van der Waals surface area contributed by atoms with Gasteiger partial charge in [-0.05, 0) is 131 Å². The Kier molecular flexibility index (Phi) is 6.64. The molecule has 1 nitrogen and oxygen atoms in total. The molecule has 0 radical (unpaired) electrons. The Labute approximate surface area is 343 Å². The van der Waals surface area contributed by atoms with Crippen LogP contribution in [0.4, 0.5) is 0 Å². The normalized spacial score (nSPS) is 14.5. The lowest BCUT2D eigenvalue weighted by Crippen LogP contribution is -2.32. The molecule has 3 aliphatic rings. The number of fused-ring (bicyclic) bond motifs is 14. The highest BCUT2D eigenvalue weighted by molar-refractivity contribution is 5.97. The number of hydrogen-bond donors (Lipinski definition) is 0. The standard InChI is InChI=1S/C58H36O/c1-3-19-43(20-4-1)57(44-21-5-2-6-22-44)51-33-41(27-29-47(51)48-31-37-15-7-8-16-38(37)32-52(48)57)42-28-30-55-53(35-42)58(54-34-39-17-9-10-18-40(39)36-56(54)59-55)49-25-13-11-23-45(49)46-24-12-14-26-50(46)58/h1-36H. The van der Waals surface area contributed by atoms with E-state index in [1.807, 2.05) is 0 Å². The van der Waals surface area contributed by atoms with E-state index in [2.05, 4.69) is 218 Å². The van der Waals surface area contributed by atoms with Gasteiger partial charge in [0.05, 0.1) is 10.8 Å². The monoisotopic (exact) mass is 748 g/mol. The molecule has 0 atom stereocenters. The summed E-state index contributed by atoms with van der Waals surface area (Å²) in [6, 6.07) is 81.2. The SMILES string of the molecule is c1ccc(C2(c3ccccc3)c3cc(-c4ccc5c(c4)C4(c6cc7ccccc7cc6O5)c5ccccc5-c5ccccc54)ccc3-c3cc4ccccc4cc32)cc1. The average molecular weight is 749 g/mol. The molecule has 274 valence electrons. The van der Waals surface area contributed by atoms with Gasteiger partial charge in [-0.2, -0.15) is 0 Å². The third-order valence-corrected chi connectivity index (χ3v) is 13.6. The van der Waals surface area contributed by atoms with Crippen LogP contribution in [-0.2, 0) is 10.8 Å². The second-order valence-electron chi connectivity index (χ2n) is 16.3. The molecule has 0 saturated carbocycles. The molecule has 1 heteroatoms. The summed E-state index contributed by atoms with van der Waals surface area (Å²) >= 11 is 0. The van der Waals surface area contributed by atoms with Gasteiger partial charge in [-0.3, -0.25) is 0 Å². The number of benzene rings is 10. The van der Waals surface area contributed by atoms with Crippen LogP contribution < -0.4 is 4.74 Å². The van der Waals surface area contributed by atoms with E-state index in [0.717, 1.165) is 17.1 Å². The first kappa shape index (κ1) is 32.6. The Morgan fingerprint density at radius 3 is 1.32 bits per heavy atom. The summed E-state index contributed by atoms with van der Waals surface area (Å²) in [4.78, 5) is 0. The zero-order valence-electron chi connectivity index (χ0n) is 32.2. The zero-order valence-corrected chi connectivity index (χ0v) is 32.2. The van der Waals surface area contributed by atoms with Crippen LogP contribution in [0.2, 0.25) is 0 Å². The molecular formula is C58H36O. The highest BCUT2D eigenvalue weighted by Crippen LogP contribution is 2.63. The minimum atomic E-state index is -0.568. The second-order valence-corrected chi connectivity index (χ2v) is 16.3. The molecule has 0 aromatic heterocycles. The number of hydrogen-bond acceptors (Lipinski definition) is 1. The molecule has 1 spiro atoms. The lowest BCUT2D eigenvalue weighted by Gasteiger charge is -2.40. The Bertz CT molecular complexity index is 3270. The maximum Gasteiger partial charge on any atom is 0.132 e. The highest BCUT2D eigenvalue weighted by atomic mass is 16.5. The van der Waals surface area contributed by atoms with Crippen molar-refractivity contribution in [1.29, 1.82) is 0 Å². The van der Waals surface area contributed by atoms with Crippen molar-refractivity contribution in [2.45, 2.75) is 10.8 Å². The minimum Gasteiger partial charge on any atom is -0.457 e. The lowest BCUT2D eigenvalue weighted by atomic mass is 9.65. The molecule has 2 aliphatic carbocycles. The van der Waals surface area contributed by atoms with E-state index in [4.69, 9.17) is 4.74 Å². The summed E-state index contributed by atoms with van der Waals surface area (Å²) in [5.74, 6) is 1.81. The highest BCUT2D eigenvalue weighted by Gasteiger charge is 2.51. The Morgan fingerprint density at radius 1 is 0.254 bits per heavy atom. The first-order valence-electron chi connectivity index (χ1n) is 20.6. The largest absolute Gasteiger partial charge is 0.457 e. The fourth-order valence-corrected chi connectivity index (χ4v) is 11.1. The first-order chi connectivity index (χ1) is 29.2. The quantitative estimate of drug-likeness (QED) is 0.175. The van der Waals surface area contributed by atoms with E-state index in [9.17, 15) is 0 Å². The van der Waals surface area contributed by atoms with Gasteiger partial charge in [0, 0.05) is 11.1 Å². The molecule has 10 aromatic rings. The average Bonchev–Trinajstić information content (AvgIpc) is 3.76. The van der Waals surface area contributed by atoms with E-state index >= 15 is 0 Å². The summed E-state index contributed by atoms with van der Waals surface area (Å²) in [6.07, 6.45) is 0. The van der Waals surface area contributed by atoms with Crippen molar-refractivity contribution in [3.63, 3.8) is 0 Å². The van der Waals surface area contributed by atoms with Crippen LogP contribution in [0, 0.1) is 0 Å². The third-order valence-electron chi connectivity index (χ3n) is 13.6. The van der Waals surface area contributed by atoms with Gasteiger partial charge in [0.25, 0.3) is 0 Å². The van der Waals surface area contributed by atoms with Gasteiger partial charge in [0.2, 0.25) is 0 Å². The molecule has 0 bridgehead atoms. The van der Waals surface area contributed by atoms with Crippen molar-refractivity contribution in [3.05, 3.63) is 263 Å². The molecular weight excluding hydrogens is 713 g/mol. The Hall–Kier alpha value is -7.48. The van der Waals surface area contributed by atoms with Crippen molar-refractivity contribution in [2.24, 2.45) is 0 Å². The smallest absolute Gasteiger partial charge is 0.132 e. The molecule has 59 heavy (non-hydrogen) atoms. The molecule has 13 rings (SSSR count). The molecule has 10 aromatic carbocycles. The van der Waals surface area contributed by atoms with Crippen LogP contribution in [0.25, 0.3) is 54.9 Å². The van der Waals surface area contributed by atoms with E-state index in [1.54, 1.807) is 0 Å². The van der Waals surface area contributed by atoms with Crippen LogP contribution in [-0.4, -0.2) is 0 Å². The summed E-state index contributed by atoms with van der Waals surface area (Å²) in [6.45, 7) is 0. The van der Waals surface area contributed by atoms with E-state index < -0.39 is 10.8 Å². The van der Waals surface area contributed by atoms with Crippen LogP contribution in [0.15, 0.2) is 218 Å². The van der Waals surface area contributed by atoms with Crippen molar-refractivity contribution < 1.29 is 4.74 Å². The molecule has 0 amide bonds. The van der Waals surface area contributed by atoms with E-state index in [1.165, 1.54) is 93.9 Å². The van der Waals surface area contributed by atoms with Gasteiger partial charge in [-0.1, -0.05) is 176 Å². The van der Waals surface area contributed by atoms with Crippen LogP contribution in [0.1, 0.15) is 44.5 Å². The summed E-state index contributed by atoms with van der Waals surface area (Å²) < 4.78 is 7.00. The van der Waals surface area contributed by atoms with Gasteiger partial charge in [0.1, 0.15) is 11.5 Å². The van der Waals surface area contributed by atoms with E-state index in [-0.39, 0.29) is 0 Å². The molecule has 0 saturated heterocycles. The lowest BCUT2D eigenvalue weighted by molar-refractivity contribution is 0.437. The summed E-state index contributed by atoms with van der Waals surface area (Å²) in [5.41, 5.74) is 16.5. The van der Waals surface area contributed by atoms with Crippen LogP contribution in [0.3, 0.4) is 0 Å². The molecule has 0 fully saturated rings. The van der Waals surface area contributed by atoms with Gasteiger partial charge < -0.3 is 4.74 Å². The topological polar surface area (TPSA) is 9.23 Å². The molecule has 1 heterocycles. The minimum absolute atomic E-state index is 0.519. The van der Waals surface area contributed by atoms with Gasteiger partial charge in [0.15, 0.2) is 0 Å². The molecule has 0 unspecified atom stereocenters. The van der Waals surface area contributed by atoms with Crippen molar-refractivity contribution in [3.8, 4) is 44.9 Å². The molecule has 0 N–H and O–H groups in total. The van der Waals surface area contributed by atoms with Gasteiger partial charge in [-0.15, -0.1) is 0 Å². The molecule has 1 aliphatic heterocycles. The number of ether oxygens (including phenoxy) is 1. The maximum absolute atomic E-state index is 7.00. The number of rotatable bonds is 3. The third kappa shape index (κ3) is 4.29. The zero-order chi connectivity index (χ0) is 38.7. The summed E-state index contributed by atoms with van der Waals surface area (Å²) in [5, 5.41) is 4.89. The van der Waals surface area contributed by atoms with Gasteiger partial charge in [-0.25, -0.2) is 0 Å². The Balaban J connectivity index is 1.09. The van der Waals surface area contributed by atoms with Crippen molar-refractivity contribution in [2.75, 3.05) is 0 Å². The van der Waals surface area contributed by atoms with Crippen LogP contribution >= 0.6 is 0 Å². The van der Waals surface area contributed by atoms with Crippen molar-refractivity contribution in [1.82, 2.24) is 0 Å². The predicted octanol–water partition coefficient (Wildman–Crippen LogP) is 14.5. The summed E-state index contributed by atoms with van der Waals surface area (Å²) in [7, 11) is 0. The Morgan fingerprint density at radius 2 is 0.695 bits per heavy atom. The fraction of sp³-hybridized carbons (Fsp3) is 0.0345.